The predicted molar refractivity (Wildman–Crippen MR) is 85.7 cm³/mol. The SMILES string of the molecule is CCCNc1ncc(-c2cc(Cl)cc(Cl)c2Cl)c(N)n1. The summed E-state index contributed by atoms with van der Waals surface area (Å²) in [6.07, 6.45) is 2.58. The second-order valence-electron chi connectivity index (χ2n) is 4.17. The smallest absolute Gasteiger partial charge is 0.224 e. The monoisotopic (exact) mass is 330 g/mol. The minimum absolute atomic E-state index is 0.318. The molecule has 0 aliphatic carbocycles. The number of benzene rings is 1. The first-order chi connectivity index (χ1) is 9.52. The zero-order chi connectivity index (χ0) is 14.7. The molecule has 0 saturated heterocycles. The summed E-state index contributed by atoms with van der Waals surface area (Å²) in [4.78, 5) is 8.41. The van der Waals surface area contributed by atoms with Crippen molar-refractivity contribution in [1.29, 1.82) is 0 Å². The molecule has 0 aliphatic rings. The summed E-state index contributed by atoms with van der Waals surface area (Å²) in [7, 11) is 0. The molecule has 0 radical (unpaired) electrons. The van der Waals surface area contributed by atoms with Crippen molar-refractivity contribution in [2.45, 2.75) is 13.3 Å². The van der Waals surface area contributed by atoms with Crippen molar-refractivity contribution in [3.63, 3.8) is 0 Å². The molecule has 2 rings (SSSR count). The Balaban J connectivity index is 2.43. The Bertz CT molecular complexity index is 631. The van der Waals surface area contributed by atoms with E-state index < -0.39 is 0 Å². The Kier molecular flexibility index (Phi) is 4.91. The van der Waals surface area contributed by atoms with Crippen LogP contribution in [0.4, 0.5) is 11.8 Å². The highest BCUT2D eigenvalue weighted by Gasteiger charge is 2.13. The van der Waals surface area contributed by atoms with Gasteiger partial charge in [-0.25, -0.2) is 4.98 Å². The highest BCUT2D eigenvalue weighted by molar-refractivity contribution is 6.45. The van der Waals surface area contributed by atoms with Crippen LogP contribution in [-0.2, 0) is 0 Å². The number of hydrogen-bond acceptors (Lipinski definition) is 4. The van der Waals surface area contributed by atoms with Crippen LogP contribution in [0.1, 0.15) is 13.3 Å². The van der Waals surface area contributed by atoms with Gasteiger partial charge in [0.15, 0.2) is 0 Å². The Morgan fingerprint density at radius 2 is 1.95 bits per heavy atom. The molecule has 106 valence electrons. The summed E-state index contributed by atoms with van der Waals surface area (Å²) < 4.78 is 0. The molecule has 0 fully saturated rings. The normalized spacial score (nSPS) is 10.6. The molecule has 7 heteroatoms. The molecule has 1 aromatic carbocycles. The van der Waals surface area contributed by atoms with E-state index in [1.807, 2.05) is 0 Å². The lowest BCUT2D eigenvalue weighted by Gasteiger charge is -2.10. The average Bonchev–Trinajstić information content (AvgIpc) is 2.41. The average molecular weight is 332 g/mol. The standard InChI is InChI=1S/C13H13Cl3N4/c1-2-3-18-13-19-6-9(12(17)20-13)8-4-7(14)5-10(15)11(8)16/h4-6H,2-3H2,1H3,(H3,17,18,19,20). The summed E-state index contributed by atoms with van der Waals surface area (Å²) >= 11 is 18.2. The fraction of sp³-hybridized carbons (Fsp3) is 0.231. The Morgan fingerprint density at radius 3 is 2.60 bits per heavy atom. The zero-order valence-corrected chi connectivity index (χ0v) is 13.0. The van der Waals surface area contributed by atoms with Crippen molar-refractivity contribution in [2.24, 2.45) is 0 Å². The fourth-order valence-corrected chi connectivity index (χ4v) is 2.38. The lowest BCUT2D eigenvalue weighted by molar-refractivity contribution is 0.954. The number of rotatable bonds is 4. The summed E-state index contributed by atoms with van der Waals surface area (Å²) in [5, 5.41) is 4.28. The van der Waals surface area contributed by atoms with E-state index in [0.29, 0.717) is 38.0 Å². The van der Waals surface area contributed by atoms with Crippen LogP contribution < -0.4 is 11.1 Å². The molecular weight excluding hydrogens is 319 g/mol. The van der Waals surface area contributed by atoms with E-state index in [2.05, 4.69) is 22.2 Å². The first-order valence-electron chi connectivity index (χ1n) is 6.04. The predicted octanol–water partition coefficient (Wildman–Crippen LogP) is 4.51. The second-order valence-corrected chi connectivity index (χ2v) is 5.39. The van der Waals surface area contributed by atoms with Gasteiger partial charge in [-0.15, -0.1) is 0 Å². The Labute approximate surface area is 132 Å². The van der Waals surface area contributed by atoms with Gasteiger partial charge in [-0.05, 0) is 18.6 Å². The van der Waals surface area contributed by atoms with E-state index in [1.165, 1.54) is 0 Å². The maximum absolute atomic E-state index is 6.18. The van der Waals surface area contributed by atoms with Gasteiger partial charge in [0.2, 0.25) is 5.95 Å². The van der Waals surface area contributed by atoms with Crippen LogP contribution in [0.15, 0.2) is 18.3 Å². The van der Waals surface area contributed by atoms with E-state index in [-0.39, 0.29) is 0 Å². The van der Waals surface area contributed by atoms with Crippen molar-refractivity contribution in [1.82, 2.24) is 9.97 Å². The molecule has 0 bridgehead atoms. The quantitative estimate of drug-likeness (QED) is 0.809. The minimum Gasteiger partial charge on any atom is -0.383 e. The number of aromatic nitrogens is 2. The number of nitrogens with two attached hydrogens (primary N) is 1. The molecule has 20 heavy (non-hydrogen) atoms. The molecular formula is C13H13Cl3N4. The first-order valence-corrected chi connectivity index (χ1v) is 7.17. The highest BCUT2D eigenvalue weighted by Crippen LogP contribution is 2.38. The van der Waals surface area contributed by atoms with Gasteiger partial charge in [-0.3, -0.25) is 0 Å². The molecule has 0 atom stereocenters. The molecule has 0 saturated carbocycles. The lowest BCUT2D eigenvalue weighted by Crippen LogP contribution is -2.06. The molecule has 0 spiro atoms. The van der Waals surface area contributed by atoms with Gasteiger partial charge < -0.3 is 11.1 Å². The van der Waals surface area contributed by atoms with Crippen LogP contribution in [0, 0.1) is 0 Å². The second kappa shape index (κ2) is 6.48. The van der Waals surface area contributed by atoms with Crippen molar-refractivity contribution >= 4 is 46.6 Å². The lowest BCUT2D eigenvalue weighted by atomic mass is 10.1. The molecule has 2 aromatic rings. The number of halogens is 3. The molecule has 3 N–H and O–H groups in total. The number of nitrogens with zero attached hydrogens (tertiary/aromatic N) is 2. The van der Waals surface area contributed by atoms with Gasteiger partial charge in [-0.1, -0.05) is 41.7 Å². The van der Waals surface area contributed by atoms with Crippen LogP contribution in [0.2, 0.25) is 15.1 Å². The van der Waals surface area contributed by atoms with Crippen molar-refractivity contribution in [3.05, 3.63) is 33.4 Å². The van der Waals surface area contributed by atoms with Crippen molar-refractivity contribution in [3.8, 4) is 11.1 Å². The Morgan fingerprint density at radius 1 is 1.20 bits per heavy atom. The number of nitrogen functional groups attached to an aromatic ring is 1. The largest absolute Gasteiger partial charge is 0.383 e. The summed E-state index contributed by atoms with van der Waals surface area (Å²) in [5.41, 5.74) is 7.17. The third kappa shape index (κ3) is 3.26. The molecule has 0 aliphatic heterocycles. The molecule has 1 heterocycles. The molecule has 0 amide bonds. The molecule has 4 nitrogen and oxygen atoms in total. The Hall–Kier alpha value is -1.23. The van der Waals surface area contributed by atoms with Gasteiger partial charge in [0.1, 0.15) is 5.82 Å². The topological polar surface area (TPSA) is 63.8 Å². The third-order valence-corrected chi connectivity index (χ3v) is 3.65. The van der Waals surface area contributed by atoms with Crippen molar-refractivity contribution < 1.29 is 0 Å². The number of hydrogen-bond donors (Lipinski definition) is 2. The van der Waals surface area contributed by atoms with Gasteiger partial charge in [0.25, 0.3) is 0 Å². The molecule has 1 aromatic heterocycles. The van der Waals surface area contributed by atoms with Crippen LogP contribution in [0.3, 0.4) is 0 Å². The van der Waals surface area contributed by atoms with Crippen LogP contribution in [-0.4, -0.2) is 16.5 Å². The summed E-state index contributed by atoms with van der Waals surface area (Å²) in [6, 6.07) is 3.26. The summed E-state index contributed by atoms with van der Waals surface area (Å²) in [6.45, 7) is 2.83. The van der Waals surface area contributed by atoms with E-state index in [9.17, 15) is 0 Å². The maximum Gasteiger partial charge on any atom is 0.224 e. The van der Waals surface area contributed by atoms with Crippen LogP contribution in [0.25, 0.3) is 11.1 Å². The van der Waals surface area contributed by atoms with Crippen LogP contribution >= 0.6 is 34.8 Å². The molecule has 0 unspecified atom stereocenters. The maximum atomic E-state index is 6.18. The zero-order valence-electron chi connectivity index (χ0n) is 10.8. The van der Waals surface area contributed by atoms with Gasteiger partial charge in [-0.2, -0.15) is 4.98 Å². The van der Waals surface area contributed by atoms with E-state index in [4.69, 9.17) is 40.5 Å². The fourth-order valence-electron chi connectivity index (χ4n) is 1.68. The number of nitrogens with one attached hydrogen (secondary N) is 1. The minimum atomic E-state index is 0.318. The highest BCUT2D eigenvalue weighted by atomic mass is 35.5. The van der Waals surface area contributed by atoms with E-state index in [0.717, 1.165) is 13.0 Å². The van der Waals surface area contributed by atoms with E-state index >= 15 is 0 Å². The first kappa shape index (κ1) is 15.2. The van der Waals surface area contributed by atoms with E-state index in [1.54, 1.807) is 18.3 Å². The number of anilines is 2. The summed E-state index contributed by atoms with van der Waals surface area (Å²) in [5.74, 6) is 0.802. The van der Waals surface area contributed by atoms with Crippen molar-refractivity contribution in [2.75, 3.05) is 17.6 Å². The van der Waals surface area contributed by atoms with Gasteiger partial charge in [0, 0.05) is 28.9 Å². The third-order valence-electron chi connectivity index (χ3n) is 2.63. The van der Waals surface area contributed by atoms with Crippen LogP contribution in [0.5, 0.6) is 0 Å². The van der Waals surface area contributed by atoms with Gasteiger partial charge in [0.05, 0.1) is 10.0 Å². The van der Waals surface area contributed by atoms with Gasteiger partial charge >= 0.3 is 0 Å².